The van der Waals surface area contributed by atoms with Gasteiger partial charge in [0.05, 0.1) is 24.5 Å². The lowest BCUT2D eigenvalue weighted by Gasteiger charge is -2.21. The van der Waals surface area contributed by atoms with Crippen LogP contribution in [0.15, 0.2) is 29.3 Å². The van der Waals surface area contributed by atoms with E-state index in [1.807, 2.05) is 13.8 Å². The number of hydrogen-bond acceptors (Lipinski definition) is 5. The van der Waals surface area contributed by atoms with Gasteiger partial charge in [-0.1, -0.05) is 19.1 Å². The second-order valence-electron chi connectivity index (χ2n) is 6.11. The van der Waals surface area contributed by atoms with E-state index in [1.54, 1.807) is 12.1 Å². The van der Waals surface area contributed by atoms with Crippen molar-refractivity contribution in [3.05, 3.63) is 39.9 Å². The molecule has 0 aromatic heterocycles. The Bertz CT molecular complexity index is 645. The standard InChI is InChI=1S/C17H24N4O4/c1-4-18-17(20-10-12(2)15(11-20)16(22)25-3)19-9-13-5-7-14(8-6-13)21(23)24/h5-8,12,15H,4,9-11H2,1-3H3,(H,18,19). The highest BCUT2D eigenvalue weighted by Crippen LogP contribution is 2.24. The predicted molar refractivity (Wildman–Crippen MR) is 94.2 cm³/mol. The number of carbonyl (C=O) groups excluding carboxylic acids is 1. The minimum Gasteiger partial charge on any atom is -0.469 e. The normalized spacial score (nSPS) is 20.4. The van der Waals surface area contributed by atoms with Gasteiger partial charge in [-0.15, -0.1) is 0 Å². The summed E-state index contributed by atoms with van der Waals surface area (Å²) in [6.45, 7) is 6.44. The van der Waals surface area contributed by atoms with E-state index in [4.69, 9.17) is 4.74 Å². The molecule has 2 atom stereocenters. The summed E-state index contributed by atoms with van der Waals surface area (Å²) in [7, 11) is 1.41. The lowest BCUT2D eigenvalue weighted by molar-refractivity contribution is -0.384. The van der Waals surface area contributed by atoms with Crippen molar-refractivity contribution < 1.29 is 14.5 Å². The number of carbonyl (C=O) groups is 1. The fourth-order valence-electron chi connectivity index (χ4n) is 2.91. The first-order chi connectivity index (χ1) is 12.0. The molecule has 0 radical (unpaired) electrons. The van der Waals surface area contributed by atoms with Crippen LogP contribution in [0.25, 0.3) is 0 Å². The molecular formula is C17H24N4O4. The average molecular weight is 348 g/mol. The van der Waals surface area contributed by atoms with E-state index in [0.29, 0.717) is 19.6 Å². The Morgan fingerprint density at radius 3 is 2.64 bits per heavy atom. The van der Waals surface area contributed by atoms with Gasteiger partial charge in [-0.2, -0.15) is 0 Å². The lowest BCUT2D eigenvalue weighted by atomic mass is 9.99. The zero-order valence-electron chi connectivity index (χ0n) is 14.8. The summed E-state index contributed by atoms with van der Waals surface area (Å²) >= 11 is 0. The smallest absolute Gasteiger partial charge is 0.310 e. The first-order valence-electron chi connectivity index (χ1n) is 8.30. The Kier molecular flexibility index (Phi) is 6.32. The molecule has 0 spiro atoms. The molecule has 0 bridgehead atoms. The van der Waals surface area contributed by atoms with Crippen LogP contribution in [0, 0.1) is 22.0 Å². The number of methoxy groups -OCH3 is 1. The van der Waals surface area contributed by atoms with Crippen molar-refractivity contribution in [3.63, 3.8) is 0 Å². The number of nitro benzene ring substituents is 1. The summed E-state index contributed by atoms with van der Waals surface area (Å²) in [5.74, 6) is 0.573. The van der Waals surface area contributed by atoms with Gasteiger partial charge in [0.1, 0.15) is 0 Å². The Morgan fingerprint density at radius 2 is 2.08 bits per heavy atom. The molecule has 1 aliphatic rings. The van der Waals surface area contributed by atoms with Gasteiger partial charge in [-0.05, 0) is 18.4 Å². The summed E-state index contributed by atoms with van der Waals surface area (Å²) in [6, 6.07) is 6.36. The second-order valence-corrected chi connectivity index (χ2v) is 6.11. The third-order valence-electron chi connectivity index (χ3n) is 4.31. The second kappa shape index (κ2) is 8.46. The Hall–Kier alpha value is -2.64. The summed E-state index contributed by atoms with van der Waals surface area (Å²) in [4.78, 5) is 28.8. The topological polar surface area (TPSA) is 97.1 Å². The zero-order chi connectivity index (χ0) is 18.4. The maximum Gasteiger partial charge on any atom is 0.310 e. The Labute approximate surface area is 147 Å². The van der Waals surface area contributed by atoms with Gasteiger partial charge in [-0.25, -0.2) is 4.99 Å². The molecule has 1 aromatic carbocycles. The molecule has 2 rings (SSSR count). The molecule has 0 aliphatic carbocycles. The SMILES string of the molecule is CCNC(=NCc1ccc([N+](=O)[O-])cc1)N1CC(C)C(C(=O)OC)C1. The van der Waals surface area contributed by atoms with E-state index >= 15 is 0 Å². The van der Waals surface area contributed by atoms with Crippen LogP contribution in [-0.2, 0) is 16.1 Å². The van der Waals surface area contributed by atoms with Crippen LogP contribution in [0.5, 0.6) is 0 Å². The average Bonchev–Trinajstić information content (AvgIpc) is 2.99. The molecule has 8 heteroatoms. The number of esters is 1. The quantitative estimate of drug-likeness (QED) is 0.286. The summed E-state index contributed by atoms with van der Waals surface area (Å²) in [6.07, 6.45) is 0. The molecule has 1 aromatic rings. The van der Waals surface area contributed by atoms with E-state index < -0.39 is 4.92 Å². The first-order valence-corrected chi connectivity index (χ1v) is 8.30. The molecule has 1 aliphatic heterocycles. The predicted octanol–water partition coefficient (Wildman–Crippen LogP) is 1.80. The van der Waals surface area contributed by atoms with Crippen molar-refractivity contribution >= 4 is 17.6 Å². The van der Waals surface area contributed by atoms with Crippen LogP contribution in [0.4, 0.5) is 5.69 Å². The van der Waals surface area contributed by atoms with Crippen LogP contribution < -0.4 is 5.32 Å². The van der Waals surface area contributed by atoms with Crippen molar-refractivity contribution in [2.75, 3.05) is 26.7 Å². The monoisotopic (exact) mass is 348 g/mol. The van der Waals surface area contributed by atoms with Crippen molar-refractivity contribution in [3.8, 4) is 0 Å². The molecule has 0 saturated carbocycles. The molecule has 136 valence electrons. The first kappa shape index (κ1) is 18.7. The summed E-state index contributed by atoms with van der Waals surface area (Å²) in [5.41, 5.74) is 0.951. The van der Waals surface area contributed by atoms with Crippen LogP contribution in [-0.4, -0.2) is 48.5 Å². The van der Waals surface area contributed by atoms with E-state index in [0.717, 1.165) is 18.1 Å². The zero-order valence-corrected chi connectivity index (χ0v) is 14.8. The van der Waals surface area contributed by atoms with Gasteiger partial charge in [0, 0.05) is 31.8 Å². The van der Waals surface area contributed by atoms with Crippen molar-refractivity contribution in [1.29, 1.82) is 0 Å². The van der Waals surface area contributed by atoms with E-state index in [9.17, 15) is 14.9 Å². The van der Waals surface area contributed by atoms with Gasteiger partial charge >= 0.3 is 5.97 Å². The van der Waals surface area contributed by atoms with Crippen LogP contribution in [0.3, 0.4) is 0 Å². The number of nitro groups is 1. The highest BCUT2D eigenvalue weighted by atomic mass is 16.6. The molecule has 8 nitrogen and oxygen atoms in total. The molecule has 2 unspecified atom stereocenters. The fourth-order valence-corrected chi connectivity index (χ4v) is 2.91. The molecule has 25 heavy (non-hydrogen) atoms. The van der Waals surface area contributed by atoms with E-state index in [1.165, 1.54) is 19.2 Å². The number of nitrogens with one attached hydrogen (secondary N) is 1. The molecular weight excluding hydrogens is 324 g/mol. The number of ether oxygens (including phenoxy) is 1. The number of hydrogen-bond donors (Lipinski definition) is 1. The Balaban J connectivity index is 2.08. The fraction of sp³-hybridized carbons (Fsp3) is 0.529. The number of nitrogens with zero attached hydrogens (tertiary/aromatic N) is 3. The number of aliphatic imine (C=N–C) groups is 1. The van der Waals surface area contributed by atoms with E-state index in [-0.39, 0.29) is 23.5 Å². The van der Waals surface area contributed by atoms with E-state index in [2.05, 4.69) is 15.2 Å². The summed E-state index contributed by atoms with van der Waals surface area (Å²) in [5, 5.41) is 13.9. The third kappa shape index (κ3) is 4.68. The number of non-ortho nitro benzene ring substituents is 1. The Morgan fingerprint density at radius 1 is 1.40 bits per heavy atom. The number of likely N-dealkylation sites (tertiary alicyclic amines) is 1. The molecule has 1 heterocycles. The molecule has 1 N–H and O–H groups in total. The molecule has 0 amide bonds. The maximum atomic E-state index is 11.9. The maximum absolute atomic E-state index is 11.9. The van der Waals surface area contributed by atoms with Crippen molar-refractivity contribution in [1.82, 2.24) is 10.2 Å². The molecule has 1 saturated heterocycles. The van der Waals surface area contributed by atoms with Crippen LogP contribution in [0.1, 0.15) is 19.4 Å². The van der Waals surface area contributed by atoms with Gasteiger partial charge in [0.15, 0.2) is 5.96 Å². The van der Waals surface area contributed by atoms with Gasteiger partial charge in [0.2, 0.25) is 0 Å². The van der Waals surface area contributed by atoms with Crippen molar-refractivity contribution in [2.45, 2.75) is 20.4 Å². The van der Waals surface area contributed by atoms with Crippen LogP contribution >= 0.6 is 0 Å². The number of guanidine groups is 1. The van der Waals surface area contributed by atoms with Crippen molar-refractivity contribution in [2.24, 2.45) is 16.8 Å². The summed E-state index contributed by atoms with van der Waals surface area (Å²) < 4.78 is 4.87. The van der Waals surface area contributed by atoms with Gasteiger partial charge in [0.25, 0.3) is 5.69 Å². The third-order valence-corrected chi connectivity index (χ3v) is 4.31. The highest BCUT2D eigenvalue weighted by molar-refractivity contribution is 5.82. The largest absolute Gasteiger partial charge is 0.469 e. The molecule has 1 fully saturated rings. The lowest BCUT2D eigenvalue weighted by Crippen LogP contribution is -2.40. The van der Waals surface area contributed by atoms with Gasteiger partial charge < -0.3 is 15.0 Å². The minimum absolute atomic E-state index is 0.0638. The highest BCUT2D eigenvalue weighted by Gasteiger charge is 2.36. The minimum atomic E-state index is -0.421. The van der Waals surface area contributed by atoms with Crippen LogP contribution in [0.2, 0.25) is 0 Å². The number of rotatable bonds is 5. The number of benzene rings is 1. The van der Waals surface area contributed by atoms with Gasteiger partial charge in [-0.3, -0.25) is 14.9 Å².